The molecule has 1 aliphatic heterocycles. The number of rotatable bonds is 9. The zero-order valence-electron chi connectivity index (χ0n) is 19.5. The maximum Gasteiger partial charge on any atom is 0.354 e. The van der Waals surface area contributed by atoms with E-state index in [1.54, 1.807) is 6.08 Å². The van der Waals surface area contributed by atoms with Crippen molar-refractivity contribution in [3.8, 4) is 0 Å². The summed E-state index contributed by atoms with van der Waals surface area (Å²) in [6.45, 7) is 5.91. The Morgan fingerprint density at radius 3 is 2.54 bits per heavy atom. The van der Waals surface area contributed by atoms with Gasteiger partial charge in [0.15, 0.2) is 6.04 Å². The first kappa shape index (κ1) is 26.0. The number of carboxylic acid groups (broad SMARTS) is 1. The summed E-state index contributed by atoms with van der Waals surface area (Å²) in [6.07, 6.45) is 4.22. The van der Waals surface area contributed by atoms with Gasteiger partial charge in [0.1, 0.15) is 11.1 Å². The first-order valence-corrected chi connectivity index (χ1v) is 12.3. The summed E-state index contributed by atoms with van der Waals surface area (Å²) in [5, 5.41) is 13.5. The van der Waals surface area contributed by atoms with Crippen LogP contribution in [0.2, 0.25) is 0 Å². The van der Waals surface area contributed by atoms with Gasteiger partial charge in [0, 0.05) is 5.75 Å². The van der Waals surface area contributed by atoms with E-state index >= 15 is 0 Å². The Hall–Kier alpha value is -3.65. The predicted molar refractivity (Wildman–Crippen MR) is 138 cm³/mol. The van der Waals surface area contributed by atoms with E-state index in [1.165, 1.54) is 11.8 Å². The van der Waals surface area contributed by atoms with Crippen LogP contribution in [-0.2, 0) is 25.5 Å². The van der Waals surface area contributed by atoms with Crippen LogP contribution >= 0.6 is 11.8 Å². The minimum atomic E-state index is -1.20. The van der Waals surface area contributed by atoms with E-state index in [4.69, 9.17) is 4.74 Å². The molecule has 2 aromatic rings. The Bertz CT molecular complexity index is 1220. The number of benzene rings is 2. The number of carbonyl (C=O) groups is 3. The SMILES string of the molecule is C=c1ccc(=C/C=C2\CSC(C(NC(=O)Cc3ccccc3)C(=O)OCCC)N=C2C(=O)O)cc1. The van der Waals surface area contributed by atoms with Gasteiger partial charge in [-0.15, -0.1) is 11.8 Å². The zero-order chi connectivity index (χ0) is 25.2. The fraction of sp³-hybridized carbons (Fsp3) is 0.259. The van der Waals surface area contributed by atoms with Crippen LogP contribution in [0.3, 0.4) is 0 Å². The van der Waals surface area contributed by atoms with Crippen molar-refractivity contribution in [3.63, 3.8) is 0 Å². The van der Waals surface area contributed by atoms with Gasteiger partial charge in [-0.05, 0) is 28.0 Å². The standard InChI is InChI=1S/C27H28N2O5S/c1-3-15-34-27(33)24(28-22(30)16-20-7-5-4-6-8-20)25-29-23(26(31)32)21(17-35-25)14-13-19-11-9-18(2)10-12-19/h4-14,24-25H,2-3,15-17H2,1H3,(H,28,30)(H,31,32)/b21-14+. The lowest BCUT2D eigenvalue weighted by Gasteiger charge is -2.27. The lowest BCUT2D eigenvalue weighted by Crippen LogP contribution is -2.49. The molecule has 0 saturated heterocycles. The second-order valence-corrected chi connectivity index (χ2v) is 9.06. The first-order valence-electron chi connectivity index (χ1n) is 11.3. The molecule has 1 amide bonds. The highest BCUT2D eigenvalue weighted by molar-refractivity contribution is 8.00. The average Bonchev–Trinajstić information content (AvgIpc) is 2.86. The van der Waals surface area contributed by atoms with E-state index < -0.39 is 23.4 Å². The molecule has 0 bridgehead atoms. The quantitative estimate of drug-likeness (QED) is 0.520. The lowest BCUT2D eigenvalue weighted by molar-refractivity contribution is -0.147. The van der Waals surface area contributed by atoms with E-state index in [1.807, 2.05) is 67.6 Å². The molecule has 0 fully saturated rings. The minimum Gasteiger partial charge on any atom is -0.477 e. The summed E-state index contributed by atoms with van der Waals surface area (Å²) >= 11 is 1.28. The van der Waals surface area contributed by atoms with Gasteiger partial charge in [0.2, 0.25) is 5.91 Å². The predicted octanol–water partition coefficient (Wildman–Crippen LogP) is 2.08. The molecule has 2 aromatic carbocycles. The largest absolute Gasteiger partial charge is 0.477 e. The highest BCUT2D eigenvalue weighted by Crippen LogP contribution is 2.27. The molecule has 7 nitrogen and oxygen atoms in total. The van der Waals surface area contributed by atoms with Crippen molar-refractivity contribution in [2.24, 2.45) is 4.99 Å². The second kappa shape index (κ2) is 12.7. The van der Waals surface area contributed by atoms with E-state index in [9.17, 15) is 19.5 Å². The molecule has 8 heteroatoms. The Labute approximate surface area is 208 Å². The number of aliphatic carboxylic acids is 1. The zero-order valence-corrected chi connectivity index (χ0v) is 20.3. The van der Waals surface area contributed by atoms with Crippen LogP contribution in [0.5, 0.6) is 0 Å². The van der Waals surface area contributed by atoms with Gasteiger partial charge in [-0.1, -0.05) is 80.3 Å². The van der Waals surface area contributed by atoms with Crippen molar-refractivity contribution < 1.29 is 24.2 Å². The van der Waals surface area contributed by atoms with Crippen molar-refractivity contribution in [1.82, 2.24) is 5.32 Å². The van der Waals surface area contributed by atoms with Crippen LogP contribution in [0, 0.1) is 0 Å². The number of nitrogens with zero attached hydrogens (tertiary/aromatic N) is 1. The van der Waals surface area contributed by atoms with Crippen LogP contribution in [0.1, 0.15) is 18.9 Å². The Balaban J connectivity index is 1.85. The number of hydrogen-bond acceptors (Lipinski definition) is 6. The molecule has 35 heavy (non-hydrogen) atoms. The molecule has 0 spiro atoms. The second-order valence-electron chi connectivity index (χ2n) is 7.96. The molecule has 0 radical (unpaired) electrons. The number of esters is 1. The summed E-state index contributed by atoms with van der Waals surface area (Å²) in [4.78, 5) is 41.8. The van der Waals surface area contributed by atoms with E-state index in [0.717, 1.165) is 16.0 Å². The van der Waals surface area contributed by atoms with Crippen molar-refractivity contribution in [2.75, 3.05) is 12.4 Å². The summed E-state index contributed by atoms with van der Waals surface area (Å²) < 4.78 is 5.29. The fourth-order valence-corrected chi connectivity index (χ4v) is 4.49. The van der Waals surface area contributed by atoms with Crippen LogP contribution < -0.4 is 15.8 Å². The third-order valence-corrected chi connectivity index (χ3v) is 6.34. The van der Waals surface area contributed by atoms with Crippen LogP contribution in [0.15, 0.2) is 71.2 Å². The number of carbonyl (C=O) groups excluding carboxylic acids is 2. The van der Waals surface area contributed by atoms with Crippen molar-refractivity contribution in [2.45, 2.75) is 31.2 Å². The number of allylic oxidation sites excluding steroid dienone is 1. The van der Waals surface area contributed by atoms with Crippen LogP contribution in [0.4, 0.5) is 0 Å². The first-order chi connectivity index (χ1) is 16.9. The van der Waals surface area contributed by atoms with E-state index in [0.29, 0.717) is 17.7 Å². The Kier molecular flexibility index (Phi) is 9.43. The smallest absolute Gasteiger partial charge is 0.354 e. The molecule has 0 saturated carbocycles. The number of nitrogens with one attached hydrogen (secondary N) is 1. The average molecular weight is 493 g/mol. The molecule has 3 rings (SSSR count). The van der Waals surface area contributed by atoms with Crippen molar-refractivity contribution in [3.05, 3.63) is 82.2 Å². The Morgan fingerprint density at radius 1 is 1.17 bits per heavy atom. The summed E-state index contributed by atoms with van der Waals surface area (Å²) in [5.74, 6) is -1.89. The molecular weight excluding hydrogens is 464 g/mol. The van der Waals surface area contributed by atoms with Crippen LogP contribution in [0.25, 0.3) is 12.7 Å². The molecule has 2 N–H and O–H groups in total. The monoisotopic (exact) mass is 492 g/mol. The normalized spacial score (nSPS) is 17.2. The summed E-state index contributed by atoms with van der Waals surface area (Å²) in [6, 6.07) is 15.5. The number of carboxylic acids is 1. The molecule has 2 atom stereocenters. The van der Waals surface area contributed by atoms with Gasteiger partial charge in [-0.3, -0.25) is 9.79 Å². The number of aliphatic imine (C=N–C) groups is 1. The lowest BCUT2D eigenvalue weighted by atomic mass is 10.1. The Morgan fingerprint density at radius 2 is 1.89 bits per heavy atom. The van der Waals surface area contributed by atoms with Gasteiger partial charge < -0.3 is 15.2 Å². The molecule has 0 aromatic heterocycles. The number of hydrogen-bond donors (Lipinski definition) is 2. The van der Waals surface area contributed by atoms with Gasteiger partial charge in [-0.25, -0.2) is 9.59 Å². The maximum atomic E-state index is 12.8. The molecular formula is C27H28N2O5S. The van der Waals surface area contributed by atoms with Crippen molar-refractivity contribution in [1.29, 1.82) is 0 Å². The van der Waals surface area contributed by atoms with E-state index in [-0.39, 0.29) is 24.6 Å². The molecule has 1 aliphatic rings. The maximum absolute atomic E-state index is 12.8. The highest BCUT2D eigenvalue weighted by Gasteiger charge is 2.36. The number of amides is 1. The molecule has 1 heterocycles. The summed E-state index contributed by atoms with van der Waals surface area (Å²) in [7, 11) is 0. The van der Waals surface area contributed by atoms with E-state index in [2.05, 4.69) is 16.9 Å². The third-order valence-electron chi connectivity index (χ3n) is 5.14. The van der Waals surface area contributed by atoms with Crippen molar-refractivity contribution >= 4 is 48.0 Å². The third kappa shape index (κ3) is 7.68. The highest BCUT2D eigenvalue weighted by atomic mass is 32.2. The minimum absolute atomic E-state index is 0.0808. The summed E-state index contributed by atoms with van der Waals surface area (Å²) in [5.41, 5.74) is 1.18. The van der Waals surface area contributed by atoms with Crippen LogP contribution in [-0.4, -0.2) is 52.4 Å². The van der Waals surface area contributed by atoms with Gasteiger partial charge >= 0.3 is 11.9 Å². The topological polar surface area (TPSA) is 105 Å². The van der Waals surface area contributed by atoms with Gasteiger partial charge in [-0.2, -0.15) is 0 Å². The molecule has 0 aliphatic carbocycles. The van der Waals surface area contributed by atoms with Gasteiger partial charge in [0.05, 0.1) is 13.0 Å². The molecule has 2 unspecified atom stereocenters. The fourth-order valence-electron chi connectivity index (χ4n) is 3.35. The number of thioether (sulfide) groups is 1. The number of ether oxygens (including phenoxy) is 1. The van der Waals surface area contributed by atoms with Gasteiger partial charge in [0.25, 0.3) is 0 Å². The molecule has 182 valence electrons.